The standard InChI is InChI=1S/C21H35N3O3/c1-21(2,3)19(27-7)13-23-20(22-4)24-9-8-15(14-24)16-10-17(25-5)12-18(11-16)26-6/h10-12,15,19H,8-9,13-14H2,1-7H3,(H,22,23). The smallest absolute Gasteiger partial charge is 0.193 e. The number of aliphatic imine (C=N–C) groups is 1. The fourth-order valence-corrected chi connectivity index (χ4v) is 3.55. The Labute approximate surface area is 163 Å². The predicted molar refractivity (Wildman–Crippen MR) is 110 cm³/mol. The molecule has 1 aromatic carbocycles. The second kappa shape index (κ2) is 9.31. The van der Waals surface area contributed by atoms with Crippen molar-refractivity contribution in [3.05, 3.63) is 23.8 Å². The topological polar surface area (TPSA) is 55.3 Å². The number of rotatable bonds is 6. The van der Waals surface area contributed by atoms with E-state index < -0.39 is 0 Å². The summed E-state index contributed by atoms with van der Waals surface area (Å²) in [5.41, 5.74) is 1.32. The highest BCUT2D eigenvalue weighted by Gasteiger charge is 2.29. The number of likely N-dealkylation sites (tertiary alicyclic amines) is 1. The minimum Gasteiger partial charge on any atom is -0.497 e. The van der Waals surface area contributed by atoms with E-state index in [0.29, 0.717) is 5.92 Å². The lowest BCUT2D eigenvalue weighted by atomic mass is 9.89. The number of hydrogen-bond donors (Lipinski definition) is 1. The number of nitrogens with one attached hydrogen (secondary N) is 1. The molecule has 6 nitrogen and oxygen atoms in total. The SMILES string of the molecule is CN=C(NCC(OC)C(C)(C)C)N1CCC(c2cc(OC)cc(OC)c2)C1. The van der Waals surface area contributed by atoms with Gasteiger partial charge in [0.15, 0.2) is 5.96 Å². The number of methoxy groups -OCH3 is 3. The molecular formula is C21H35N3O3. The summed E-state index contributed by atoms with van der Waals surface area (Å²) in [6, 6.07) is 6.12. The third kappa shape index (κ3) is 5.51. The number of nitrogens with zero attached hydrogens (tertiary/aromatic N) is 2. The molecule has 27 heavy (non-hydrogen) atoms. The summed E-state index contributed by atoms with van der Waals surface area (Å²) in [5, 5.41) is 3.49. The second-order valence-corrected chi connectivity index (χ2v) is 8.10. The van der Waals surface area contributed by atoms with E-state index in [1.165, 1.54) is 5.56 Å². The van der Waals surface area contributed by atoms with Crippen LogP contribution in [-0.4, -0.2) is 65.0 Å². The highest BCUT2D eigenvalue weighted by atomic mass is 16.5. The van der Waals surface area contributed by atoms with Crippen molar-refractivity contribution >= 4 is 5.96 Å². The van der Waals surface area contributed by atoms with Gasteiger partial charge in [-0.05, 0) is 29.5 Å². The largest absolute Gasteiger partial charge is 0.497 e. The molecule has 2 rings (SSSR count). The lowest BCUT2D eigenvalue weighted by molar-refractivity contribution is 0.0202. The molecule has 1 N–H and O–H groups in total. The quantitative estimate of drug-likeness (QED) is 0.610. The molecule has 0 radical (unpaired) electrons. The Morgan fingerprint density at radius 3 is 2.30 bits per heavy atom. The molecule has 1 heterocycles. The first-order valence-electron chi connectivity index (χ1n) is 9.53. The first-order valence-corrected chi connectivity index (χ1v) is 9.53. The molecular weight excluding hydrogens is 342 g/mol. The Balaban J connectivity index is 2.03. The highest BCUT2D eigenvalue weighted by molar-refractivity contribution is 5.80. The van der Waals surface area contributed by atoms with Crippen LogP contribution in [0.4, 0.5) is 0 Å². The number of benzene rings is 1. The molecule has 0 aliphatic carbocycles. The molecule has 152 valence electrons. The minimum absolute atomic E-state index is 0.0747. The molecule has 2 atom stereocenters. The number of hydrogen-bond acceptors (Lipinski definition) is 4. The second-order valence-electron chi connectivity index (χ2n) is 8.10. The summed E-state index contributed by atoms with van der Waals surface area (Å²) >= 11 is 0. The lowest BCUT2D eigenvalue weighted by Gasteiger charge is -2.31. The molecule has 1 saturated heterocycles. The third-order valence-electron chi connectivity index (χ3n) is 5.24. The molecule has 6 heteroatoms. The van der Waals surface area contributed by atoms with E-state index in [2.05, 4.69) is 48.1 Å². The van der Waals surface area contributed by atoms with Gasteiger partial charge in [0, 0.05) is 45.8 Å². The van der Waals surface area contributed by atoms with E-state index in [1.807, 2.05) is 13.1 Å². The number of guanidine groups is 1. The van der Waals surface area contributed by atoms with Gasteiger partial charge in [-0.2, -0.15) is 0 Å². The van der Waals surface area contributed by atoms with Gasteiger partial charge < -0.3 is 24.4 Å². The number of ether oxygens (including phenoxy) is 3. The van der Waals surface area contributed by atoms with Crippen molar-refractivity contribution in [3.8, 4) is 11.5 Å². The fourth-order valence-electron chi connectivity index (χ4n) is 3.55. The molecule has 1 aliphatic rings. The van der Waals surface area contributed by atoms with Gasteiger partial charge in [0.05, 0.1) is 20.3 Å². The zero-order valence-corrected chi connectivity index (χ0v) is 17.8. The van der Waals surface area contributed by atoms with Crippen LogP contribution in [0.5, 0.6) is 11.5 Å². The monoisotopic (exact) mass is 377 g/mol. The zero-order valence-electron chi connectivity index (χ0n) is 17.8. The van der Waals surface area contributed by atoms with Crippen molar-refractivity contribution < 1.29 is 14.2 Å². The summed E-state index contributed by atoms with van der Waals surface area (Å²) in [6.07, 6.45) is 1.19. The summed E-state index contributed by atoms with van der Waals surface area (Å²) < 4.78 is 16.5. The van der Waals surface area contributed by atoms with Crippen LogP contribution in [0.1, 0.15) is 38.7 Å². The van der Waals surface area contributed by atoms with Crippen LogP contribution in [0, 0.1) is 5.41 Å². The Bertz CT molecular complexity index is 618. The van der Waals surface area contributed by atoms with Gasteiger partial charge in [0.25, 0.3) is 0 Å². The molecule has 1 aliphatic heterocycles. The van der Waals surface area contributed by atoms with Gasteiger partial charge in [0.2, 0.25) is 0 Å². The average molecular weight is 378 g/mol. The van der Waals surface area contributed by atoms with Gasteiger partial charge in [-0.15, -0.1) is 0 Å². The Morgan fingerprint density at radius 1 is 1.19 bits per heavy atom. The van der Waals surface area contributed by atoms with Crippen molar-refractivity contribution in [2.24, 2.45) is 10.4 Å². The van der Waals surface area contributed by atoms with Gasteiger partial charge >= 0.3 is 0 Å². The van der Waals surface area contributed by atoms with Crippen molar-refractivity contribution in [1.29, 1.82) is 0 Å². The van der Waals surface area contributed by atoms with E-state index in [0.717, 1.165) is 43.5 Å². The van der Waals surface area contributed by atoms with Gasteiger partial charge in [0.1, 0.15) is 11.5 Å². The zero-order chi connectivity index (χ0) is 20.0. The van der Waals surface area contributed by atoms with Crippen LogP contribution in [0.2, 0.25) is 0 Å². The maximum atomic E-state index is 5.65. The van der Waals surface area contributed by atoms with Crippen molar-refractivity contribution in [2.75, 3.05) is 48.0 Å². The maximum absolute atomic E-state index is 5.65. The van der Waals surface area contributed by atoms with E-state index in [-0.39, 0.29) is 11.5 Å². The minimum atomic E-state index is 0.0747. The molecule has 0 aromatic heterocycles. The van der Waals surface area contributed by atoms with E-state index >= 15 is 0 Å². The van der Waals surface area contributed by atoms with Crippen LogP contribution in [0.15, 0.2) is 23.2 Å². The molecule has 0 bridgehead atoms. The predicted octanol–water partition coefficient (Wildman–Crippen LogP) is 3.13. The first-order chi connectivity index (χ1) is 12.8. The Morgan fingerprint density at radius 2 is 1.81 bits per heavy atom. The van der Waals surface area contributed by atoms with E-state index in [4.69, 9.17) is 14.2 Å². The van der Waals surface area contributed by atoms with Crippen LogP contribution in [0.25, 0.3) is 0 Å². The molecule has 0 spiro atoms. The normalized spacial score (nSPS) is 19.1. The van der Waals surface area contributed by atoms with E-state index in [9.17, 15) is 0 Å². The summed E-state index contributed by atoms with van der Waals surface area (Å²) in [6.45, 7) is 9.19. The summed E-state index contributed by atoms with van der Waals surface area (Å²) in [5.74, 6) is 3.02. The fraction of sp³-hybridized carbons (Fsp3) is 0.667. The van der Waals surface area contributed by atoms with Gasteiger partial charge in [-0.3, -0.25) is 4.99 Å². The van der Waals surface area contributed by atoms with Gasteiger partial charge in [-0.25, -0.2) is 0 Å². The summed E-state index contributed by atoms with van der Waals surface area (Å²) in [7, 11) is 6.98. The molecule has 1 aromatic rings. The van der Waals surface area contributed by atoms with Crippen LogP contribution in [0.3, 0.4) is 0 Å². The first kappa shape index (κ1) is 21.4. The van der Waals surface area contributed by atoms with Crippen LogP contribution >= 0.6 is 0 Å². The molecule has 2 unspecified atom stereocenters. The van der Waals surface area contributed by atoms with Crippen LogP contribution in [-0.2, 0) is 4.74 Å². The van der Waals surface area contributed by atoms with Crippen LogP contribution < -0.4 is 14.8 Å². The Kier molecular flexibility index (Phi) is 7.36. The average Bonchev–Trinajstić information content (AvgIpc) is 3.13. The molecule has 1 fully saturated rings. The lowest BCUT2D eigenvalue weighted by Crippen LogP contribution is -2.46. The molecule has 0 amide bonds. The molecule has 0 saturated carbocycles. The summed E-state index contributed by atoms with van der Waals surface area (Å²) in [4.78, 5) is 6.79. The van der Waals surface area contributed by atoms with E-state index in [1.54, 1.807) is 21.3 Å². The Hall–Kier alpha value is -1.95. The van der Waals surface area contributed by atoms with Crippen molar-refractivity contribution in [1.82, 2.24) is 10.2 Å². The van der Waals surface area contributed by atoms with Crippen molar-refractivity contribution in [3.63, 3.8) is 0 Å². The highest BCUT2D eigenvalue weighted by Crippen LogP contribution is 2.33. The van der Waals surface area contributed by atoms with Gasteiger partial charge in [-0.1, -0.05) is 20.8 Å². The third-order valence-corrected chi connectivity index (χ3v) is 5.24. The maximum Gasteiger partial charge on any atom is 0.193 e. The van der Waals surface area contributed by atoms with Crippen molar-refractivity contribution in [2.45, 2.75) is 39.2 Å².